The Morgan fingerprint density at radius 2 is 2.10 bits per heavy atom. The highest BCUT2D eigenvalue weighted by Gasteiger charge is 2.25. The van der Waals surface area contributed by atoms with E-state index in [0.29, 0.717) is 16.3 Å². The van der Waals surface area contributed by atoms with E-state index in [1.165, 1.54) is 11.8 Å². The van der Waals surface area contributed by atoms with Crippen LogP contribution in [0.1, 0.15) is 40.8 Å². The van der Waals surface area contributed by atoms with Gasteiger partial charge in [-0.2, -0.15) is 5.26 Å². The average Bonchev–Trinajstić information content (AvgIpc) is 3.28. The molecule has 30 heavy (non-hydrogen) atoms. The van der Waals surface area contributed by atoms with E-state index in [1.54, 1.807) is 6.26 Å². The maximum absolute atomic E-state index is 12.6. The number of benzene rings is 1. The van der Waals surface area contributed by atoms with Crippen molar-refractivity contribution in [2.24, 2.45) is 0 Å². The van der Waals surface area contributed by atoms with E-state index in [1.807, 2.05) is 44.2 Å². The predicted octanol–water partition coefficient (Wildman–Crippen LogP) is 5.44. The number of nitriles is 1. The zero-order valence-corrected chi connectivity index (χ0v) is 17.9. The van der Waals surface area contributed by atoms with Crippen molar-refractivity contribution in [2.45, 2.75) is 44.6 Å². The molecule has 1 aromatic carbocycles. The number of hydrogen-bond donors (Lipinski definition) is 1. The standard InChI is InChI=1S/C24H23N3O2S/c1-15-9-10-16(2)20(12-15)26-22(28)14-30-24-18(13-25)23(21-8-5-11-29-21)17-6-3-4-7-19(17)27-24/h5,8-12H,3-4,6-7,14H2,1-2H3,(H,26,28). The number of rotatable bonds is 5. The summed E-state index contributed by atoms with van der Waals surface area (Å²) in [6, 6.07) is 12.0. The summed E-state index contributed by atoms with van der Waals surface area (Å²) >= 11 is 1.31. The third-order valence-electron chi connectivity index (χ3n) is 5.33. The molecule has 6 heteroatoms. The third kappa shape index (κ3) is 4.12. The highest BCUT2D eigenvalue weighted by Crippen LogP contribution is 2.38. The first-order valence-electron chi connectivity index (χ1n) is 10.1. The highest BCUT2D eigenvalue weighted by atomic mass is 32.2. The Labute approximate surface area is 180 Å². The van der Waals surface area contributed by atoms with E-state index in [0.717, 1.165) is 59.3 Å². The quantitative estimate of drug-likeness (QED) is 0.559. The number of furan rings is 1. The SMILES string of the molecule is Cc1ccc(C)c(NC(=O)CSc2nc3c(c(-c4ccco4)c2C#N)CCCC3)c1. The lowest BCUT2D eigenvalue weighted by Crippen LogP contribution is -2.16. The van der Waals surface area contributed by atoms with Crippen LogP contribution in [0.15, 0.2) is 46.0 Å². The normalized spacial score (nSPS) is 12.8. The van der Waals surface area contributed by atoms with Gasteiger partial charge < -0.3 is 9.73 Å². The molecule has 5 nitrogen and oxygen atoms in total. The minimum atomic E-state index is -0.114. The van der Waals surface area contributed by atoms with Gasteiger partial charge in [-0.1, -0.05) is 23.9 Å². The molecule has 3 aromatic rings. The van der Waals surface area contributed by atoms with Gasteiger partial charge in [-0.25, -0.2) is 4.98 Å². The minimum Gasteiger partial charge on any atom is -0.464 e. The molecule has 2 aromatic heterocycles. The first-order chi connectivity index (χ1) is 14.6. The van der Waals surface area contributed by atoms with Crippen molar-refractivity contribution >= 4 is 23.4 Å². The maximum atomic E-state index is 12.6. The summed E-state index contributed by atoms with van der Waals surface area (Å²) in [4.78, 5) is 17.4. The smallest absolute Gasteiger partial charge is 0.234 e. The molecule has 1 aliphatic carbocycles. The molecule has 0 atom stereocenters. The summed E-state index contributed by atoms with van der Waals surface area (Å²) in [5, 5.41) is 13.5. The number of carbonyl (C=O) groups excluding carboxylic acids is 1. The Morgan fingerprint density at radius 1 is 1.27 bits per heavy atom. The van der Waals surface area contributed by atoms with Gasteiger partial charge in [0, 0.05) is 16.9 Å². The Morgan fingerprint density at radius 3 is 2.87 bits per heavy atom. The summed E-state index contributed by atoms with van der Waals surface area (Å²) in [7, 11) is 0. The second-order valence-electron chi connectivity index (χ2n) is 7.54. The summed E-state index contributed by atoms with van der Waals surface area (Å²) in [6.07, 6.45) is 5.57. The third-order valence-corrected chi connectivity index (χ3v) is 6.30. The number of hydrogen-bond acceptors (Lipinski definition) is 5. The summed E-state index contributed by atoms with van der Waals surface area (Å²) < 4.78 is 5.64. The van der Waals surface area contributed by atoms with Gasteiger partial charge in [-0.3, -0.25) is 4.79 Å². The minimum absolute atomic E-state index is 0.114. The Kier molecular flexibility index (Phi) is 5.91. The van der Waals surface area contributed by atoms with Gasteiger partial charge in [0.25, 0.3) is 0 Å². The van der Waals surface area contributed by atoms with Crippen molar-refractivity contribution in [1.29, 1.82) is 5.26 Å². The number of thioether (sulfide) groups is 1. The van der Waals surface area contributed by atoms with E-state index >= 15 is 0 Å². The molecular formula is C24H23N3O2S. The van der Waals surface area contributed by atoms with Crippen molar-refractivity contribution in [3.05, 3.63) is 64.5 Å². The molecule has 152 valence electrons. The van der Waals surface area contributed by atoms with Crippen molar-refractivity contribution < 1.29 is 9.21 Å². The fourth-order valence-corrected chi connectivity index (χ4v) is 4.62. The lowest BCUT2D eigenvalue weighted by molar-refractivity contribution is -0.113. The molecular weight excluding hydrogens is 394 g/mol. The Balaban J connectivity index is 1.61. The summed E-state index contributed by atoms with van der Waals surface area (Å²) in [5.41, 5.74) is 6.38. The zero-order valence-electron chi connectivity index (χ0n) is 17.1. The van der Waals surface area contributed by atoms with Crippen LogP contribution in [0.4, 0.5) is 5.69 Å². The zero-order chi connectivity index (χ0) is 21.1. The second kappa shape index (κ2) is 8.76. The Bertz CT molecular complexity index is 1130. The number of anilines is 1. The van der Waals surface area contributed by atoms with E-state index in [4.69, 9.17) is 9.40 Å². The highest BCUT2D eigenvalue weighted by molar-refractivity contribution is 8.00. The maximum Gasteiger partial charge on any atom is 0.234 e. The van der Waals surface area contributed by atoms with Crippen molar-refractivity contribution in [3.63, 3.8) is 0 Å². The van der Waals surface area contributed by atoms with Gasteiger partial charge in [-0.15, -0.1) is 0 Å². The molecule has 1 amide bonds. The number of fused-ring (bicyclic) bond motifs is 1. The number of nitrogens with one attached hydrogen (secondary N) is 1. The molecule has 0 spiro atoms. The van der Waals surface area contributed by atoms with Crippen molar-refractivity contribution in [2.75, 3.05) is 11.1 Å². The van der Waals surface area contributed by atoms with Crippen LogP contribution in [0, 0.1) is 25.2 Å². The van der Waals surface area contributed by atoms with Crippen LogP contribution in [0.3, 0.4) is 0 Å². The molecule has 0 fully saturated rings. The fourth-order valence-electron chi connectivity index (χ4n) is 3.81. The topological polar surface area (TPSA) is 78.9 Å². The van der Waals surface area contributed by atoms with Crippen LogP contribution in [-0.4, -0.2) is 16.6 Å². The summed E-state index contributed by atoms with van der Waals surface area (Å²) in [6.45, 7) is 3.97. The molecule has 4 rings (SSSR count). The number of aryl methyl sites for hydroxylation is 3. The number of aromatic nitrogens is 1. The fraction of sp³-hybridized carbons (Fsp3) is 0.292. The molecule has 0 aliphatic heterocycles. The first kappa shape index (κ1) is 20.2. The van der Waals surface area contributed by atoms with E-state index in [2.05, 4.69) is 11.4 Å². The van der Waals surface area contributed by atoms with Crippen LogP contribution < -0.4 is 5.32 Å². The van der Waals surface area contributed by atoms with Crippen molar-refractivity contribution in [3.8, 4) is 17.4 Å². The van der Waals surface area contributed by atoms with E-state index < -0.39 is 0 Å². The van der Waals surface area contributed by atoms with Crippen molar-refractivity contribution in [1.82, 2.24) is 4.98 Å². The van der Waals surface area contributed by atoms with Crippen LogP contribution in [-0.2, 0) is 17.6 Å². The number of pyridine rings is 1. The molecule has 2 heterocycles. The van der Waals surface area contributed by atoms with Crippen LogP contribution in [0.2, 0.25) is 0 Å². The second-order valence-corrected chi connectivity index (χ2v) is 8.51. The average molecular weight is 418 g/mol. The van der Waals surface area contributed by atoms with Gasteiger partial charge in [0.1, 0.15) is 16.9 Å². The van der Waals surface area contributed by atoms with Gasteiger partial charge in [0.2, 0.25) is 5.91 Å². The van der Waals surface area contributed by atoms with Gasteiger partial charge in [0.15, 0.2) is 0 Å². The Hall–Kier alpha value is -3.04. The lowest BCUT2D eigenvalue weighted by Gasteiger charge is -2.20. The van der Waals surface area contributed by atoms with Crippen LogP contribution in [0.5, 0.6) is 0 Å². The molecule has 1 N–H and O–H groups in total. The largest absolute Gasteiger partial charge is 0.464 e. The molecule has 0 saturated carbocycles. The van der Waals surface area contributed by atoms with Gasteiger partial charge in [0.05, 0.1) is 17.6 Å². The molecule has 1 aliphatic rings. The van der Waals surface area contributed by atoms with Crippen LogP contribution >= 0.6 is 11.8 Å². The van der Waals surface area contributed by atoms with Gasteiger partial charge in [-0.05, 0) is 74.4 Å². The molecule has 0 unspecified atom stereocenters. The number of amides is 1. The van der Waals surface area contributed by atoms with E-state index in [-0.39, 0.29) is 11.7 Å². The molecule has 0 bridgehead atoms. The molecule has 0 radical (unpaired) electrons. The van der Waals surface area contributed by atoms with E-state index in [9.17, 15) is 10.1 Å². The predicted molar refractivity (Wildman–Crippen MR) is 119 cm³/mol. The number of carbonyl (C=O) groups is 1. The molecule has 0 saturated heterocycles. The van der Waals surface area contributed by atoms with Gasteiger partial charge >= 0.3 is 0 Å². The number of nitrogens with zero attached hydrogens (tertiary/aromatic N) is 2. The van der Waals surface area contributed by atoms with Crippen LogP contribution in [0.25, 0.3) is 11.3 Å². The first-order valence-corrected chi connectivity index (χ1v) is 11.0. The lowest BCUT2D eigenvalue weighted by atomic mass is 9.89. The summed E-state index contributed by atoms with van der Waals surface area (Å²) in [5.74, 6) is 0.760. The monoisotopic (exact) mass is 417 g/mol.